The highest BCUT2D eigenvalue weighted by Crippen LogP contribution is 2.21. The first kappa shape index (κ1) is 20.5. The van der Waals surface area contributed by atoms with Crippen LogP contribution in [0.3, 0.4) is 0 Å². The van der Waals surface area contributed by atoms with Crippen molar-refractivity contribution in [3.8, 4) is 11.8 Å². The van der Waals surface area contributed by atoms with Crippen LogP contribution in [-0.2, 0) is 10.0 Å². The number of unbranched alkanes of at least 4 members (excludes halogenated alkanes) is 3. The SMILES string of the molecule is CCCCCC#CC=CS(=O)(=O)N1CCN(c2ccc(F)cc2)C[C@H]1C. The van der Waals surface area contributed by atoms with Gasteiger partial charge < -0.3 is 4.90 Å². The summed E-state index contributed by atoms with van der Waals surface area (Å²) in [5, 5.41) is 1.20. The molecule has 0 aliphatic carbocycles. The van der Waals surface area contributed by atoms with E-state index in [1.54, 1.807) is 12.1 Å². The third-order valence-electron chi connectivity index (χ3n) is 4.42. The maximum Gasteiger partial charge on any atom is 0.237 e. The third kappa shape index (κ3) is 5.86. The molecule has 1 aromatic rings. The van der Waals surface area contributed by atoms with Crippen LogP contribution >= 0.6 is 0 Å². The van der Waals surface area contributed by atoms with Crippen LogP contribution in [0.4, 0.5) is 10.1 Å². The molecule has 1 atom stereocenters. The summed E-state index contributed by atoms with van der Waals surface area (Å²) in [5.41, 5.74) is 0.906. The van der Waals surface area contributed by atoms with Crippen LogP contribution in [0.5, 0.6) is 0 Å². The fourth-order valence-electron chi connectivity index (χ4n) is 3.00. The normalized spacial score (nSPS) is 18.7. The number of allylic oxidation sites excluding steroid dienone is 1. The number of piperazine rings is 1. The van der Waals surface area contributed by atoms with Gasteiger partial charge in [-0.3, -0.25) is 0 Å². The zero-order chi connectivity index (χ0) is 19.0. The van der Waals surface area contributed by atoms with Crippen molar-refractivity contribution in [2.75, 3.05) is 24.5 Å². The van der Waals surface area contributed by atoms with E-state index >= 15 is 0 Å². The molecule has 0 amide bonds. The van der Waals surface area contributed by atoms with Gasteiger partial charge in [0.05, 0.1) is 5.41 Å². The molecule has 1 aromatic carbocycles. The molecule has 4 nitrogen and oxygen atoms in total. The van der Waals surface area contributed by atoms with E-state index < -0.39 is 10.0 Å². The molecule has 0 aromatic heterocycles. The second kappa shape index (κ2) is 9.75. The van der Waals surface area contributed by atoms with Crippen molar-refractivity contribution in [3.63, 3.8) is 0 Å². The second-order valence-electron chi connectivity index (χ2n) is 6.51. The zero-order valence-corrected chi connectivity index (χ0v) is 16.3. The average Bonchev–Trinajstić information content (AvgIpc) is 2.61. The number of hydrogen-bond donors (Lipinski definition) is 0. The molecule has 0 saturated carbocycles. The highest BCUT2D eigenvalue weighted by Gasteiger charge is 2.31. The minimum absolute atomic E-state index is 0.166. The van der Waals surface area contributed by atoms with E-state index in [2.05, 4.69) is 23.7 Å². The lowest BCUT2D eigenvalue weighted by molar-refractivity contribution is 0.310. The fraction of sp³-hybridized carbons (Fsp3) is 0.500. The third-order valence-corrected chi connectivity index (χ3v) is 6.09. The summed E-state index contributed by atoms with van der Waals surface area (Å²) in [6.07, 6.45) is 5.57. The maximum atomic E-state index is 13.1. The van der Waals surface area contributed by atoms with E-state index in [1.165, 1.54) is 27.9 Å². The molecule has 0 unspecified atom stereocenters. The van der Waals surface area contributed by atoms with Crippen molar-refractivity contribution >= 4 is 15.7 Å². The molecule has 0 spiro atoms. The minimum atomic E-state index is -3.48. The first-order chi connectivity index (χ1) is 12.4. The van der Waals surface area contributed by atoms with Crippen LogP contribution in [0.2, 0.25) is 0 Å². The van der Waals surface area contributed by atoms with Crippen molar-refractivity contribution in [2.45, 2.75) is 45.6 Å². The van der Waals surface area contributed by atoms with Gasteiger partial charge in [-0.05, 0) is 37.6 Å². The zero-order valence-electron chi connectivity index (χ0n) is 15.5. The lowest BCUT2D eigenvalue weighted by atomic mass is 10.2. The Kier molecular flexibility index (Phi) is 7.67. The van der Waals surface area contributed by atoms with Crippen molar-refractivity contribution in [1.29, 1.82) is 0 Å². The van der Waals surface area contributed by atoms with E-state index in [4.69, 9.17) is 0 Å². The molecule has 1 aliphatic rings. The second-order valence-corrected chi connectivity index (χ2v) is 8.28. The first-order valence-corrected chi connectivity index (χ1v) is 10.6. The Morgan fingerprint density at radius 1 is 1.23 bits per heavy atom. The van der Waals surface area contributed by atoms with Gasteiger partial charge >= 0.3 is 0 Å². The number of halogens is 1. The molecular weight excluding hydrogens is 351 g/mol. The summed E-state index contributed by atoms with van der Waals surface area (Å²) in [6, 6.07) is 6.12. The number of benzene rings is 1. The molecule has 26 heavy (non-hydrogen) atoms. The van der Waals surface area contributed by atoms with E-state index in [1.807, 2.05) is 6.92 Å². The van der Waals surface area contributed by atoms with Crippen molar-refractivity contribution in [1.82, 2.24) is 4.31 Å². The number of nitrogens with zero attached hydrogens (tertiary/aromatic N) is 2. The van der Waals surface area contributed by atoms with Gasteiger partial charge in [-0.25, -0.2) is 12.8 Å². The first-order valence-electron chi connectivity index (χ1n) is 9.11. The van der Waals surface area contributed by atoms with E-state index in [9.17, 15) is 12.8 Å². The predicted octanol–water partition coefficient (Wildman–Crippen LogP) is 3.76. The Labute approximate surface area is 156 Å². The minimum Gasteiger partial charge on any atom is -0.369 e. The smallest absolute Gasteiger partial charge is 0.237 e. The van der Waals surface area contributed by atoms with Crippen LogP contribution < -0.4 is 4.90 Å². The molecular formula is C20H27FN2O2S. The van der Waals surface area contributed by atoms with Crippen molar-refractivity contribution in [3.05, 3.63) is 41.6 Å². The number of hydrogen-bond acceptors (Lipinski definition) is 3. The molecule has 6 heteroatoms. The summed E-state index contributed by atoms with van der Waals surface area (Å²) < 4.78 is 39.6. The van der Waals surface area contributed by atoms with Crippen LogP contribution in [0.1, 0.15) is 39.5 Å². The largest absolute Gasteiger partial charge is 0.369 e. The number of anilines is 1. The highest BCUT2D eigenvalue weighted by molar-refractivity contribution is 7.92. The van der Waals surface area contributed by atoms with Gasteiger partial charge in [0.15, 0.2) is 0 Å². The van der Waals surface area contributed by atoms with Gasteiger partial charge in [0.25, 0.3) is 0 Å². The number of sulfonamides is 1. The molecule has 1 fully saturated rings. The van der Waals surface area contributed by atoms with Crippen LogP contribution in [0, 0.1) is 17.7 Å². The highest BCUT2D eigenvalue weighted by atomic mass is 32.2. The lowest BCUT2D eigenvalue weighted by Crippen LogP contribution is -2.53. The summed E-state index contributed by atoms with van der Waals surface area (Å²) in [6.45, 7) is 5.57. The molecule has 0 N–H and O–H groups in total. The molecule has 142 valence electrons. The van der Waals surface area contributed by atoms with Gasteiger partial charge in [0.1, 0.15) is 5.82 Å². The molecule has 1 heterocycles. The predicted molar refractivity (Wildman–Crippen MR) is 105 cm³/mol. The summed E-state index contributed by atoms with van der Waals surface area (Å²) in [4.78, 5) is 2.08. The number of rotatable bonds is 6. The summed E-state index contributed by atoms with van der Waals surface area (Å²) in [7, 11) is -3.48. The van der Waals surface area contributed by atoms with Crippen molar-refractivity contribution < 1.29 is 12.8 Å². The maximum absolute atomic E-state index is 13.1. The standard InChI is InChI=1S/C20H27FN2O2S/c1-3-4-5-6-7-8-9-16-26(24,25)23-15-14-22(17-18(23)2)20-12-10-19(21)11-13-20/h9-13,16,18H,3-6,14-15,17H2,1-2H3/t18-/m1/s1. The topological polar surface area (TPSA) is 40.6 Å². The summed E-state index contributed by atoms with van der Waals surface area (Å²) in [5.74, 6) is 5.52. The molecule has 0 radical (unpaired) electrons. The Morgan fingerprint density at radius 3 is 2.62 bits per heavy atom. The molecule has 0 bridgehead atoms. The van der Waals surface area contributed by atoms with E-state index in [-0.39, 0.29) is 11.9 Å². The van der Waals surface area contributed by atoms with Crippen LogP contribution in [0.25, 0.3) is 0 Å². The Balaban J connectivity index is 1.93. The van der Waals surface area contributed by atoms with Gasteiger partial charge in [0.2, 0.25) is 10.0 Å². The van der Waals surface area contributed by atoms with E-state index in [0.717, 1.165) is 31.4 Å². The quantitative estimate of drug-likeness (QED) is 0.559. The monoisotopic (exact) mass is 378 g/mol. The summed E-state index contributed by atoms with van der Waals surface area (Å²) >= 11 is 0. The van der Waals surface area contributed by atoms with Gasteiger partial charge in [-0.15, -0.1) is 0 Å². The lowest BCUT2D eigenvalue weighted by Gasteiger charge is -2.39. The molecule has 1 saturated heterocycles. The van der Waals surface area contributed by atoms with Crippen molar-refractivity contribution in [2.24, 2.45) is 0 Å². The Bertz CT molecular complexity index is 763. The molecule has 1 aliphatic heterocycles. The van der Waals surface area contributed by atoms with E-state index in [0.29, 0.717) is 19.6 Å². The van der Waals surface area contributed by atoms with Gasteiger partial charge in [0, 0.05) is 43.9 Å². The van der Waals surface area contributed by atoms with Crippen LogP contribution in [-0.4, -0.2) is 38.4 Å². The average molecular weight is 379 g/mol. The molecule has 2 rings (SSSR count). The Hall–Kier alpha value is -1.84. The Morgan fingerprint density at radius 2 is 1.96 bits per heavy atom. The van der Waals surface area contributed by atoms with Crippen LogP contribution in [0.15, 0.2) is 35.7 Å². The van der Waals surface area contributed by atoms with Gasteiger partial charge in [-0.1, -0.05) is 31.6 Å². The van der Waals surface area contributed by atoms with Gasteiger partial charge in [-0.2, -0.15) is 4.31 Å². The fourth-order valence-corrected chi connectivity index (χ4v) is 4.30.